The molecule has 2 N–H and O–H groups in total. The minimum atomic E-state index is -3.40. The van der Waals surface area contributed by atoms with E-state index in [1.165, 1.54) is 11.8 Å². The molecule has 1 aromatic carbocycles. The molecule has 4 nitrogen and oxygen atoms in total. The number of halogens is 1. The summed E-state index contributed by atoms with van der Waals surface area (Å²) in [5.74, 6) is 0.340. The van der Waals surface area contributed by atoms with Gasteiger partial charge in [-0.05, 0) is 34.1 Å². The lowest BCUT2D eigenvalue weighted by atomic mass is 10.2. The number of nitrogens with two attached hydrogens (primary N) is 1. The number of thioether (sulfide) groups is 1. The van der Waals surface area contributed by atoms with Crippen molar-refractivity contribution in [3.8, 4) is 6.07 Å². The second-order valence-corrected chi connectivity index (χ2v) is 6.73. The molecule has 1 aromatic rings. The highest BCUT2D eigenvalue weighted by Crippen LogP contribution is 2.24. The van der Waals surface area contributed by atoms with Crippen molar-refractivity contribution in [1.29, 1.82) is 5.26 Å². The van der Waals surface area contributed by atoms with Crippen molar-refractivity contribution in [2.24, 2.45) is 5.14 Å². The molecule has 0 aliphatic heterocycles. The molecule has 86 valence electrons. The molecule has 0 fully saturated rings. The summed E-state index contributed by atoms with van der Waals surface area (Å²) in [5, 5.41) is 13.6. The molecule has 0 bridgehead atoms. The number of rotatable bonds is 4. The summed E-state index contributed by atoms with van der Waals surface area (Å²) in [4.78, 5) is 0.898. The molecular formula is C9H9BrN2O2S2. The maximum absolute atomic E-state index is 10.7. The average Bonchev–Trinajstić information content (AvgIpc) is 2.16. The van der Waals surface area contributed by atoms with E-state index in [9.17, 15) is 8.42 Å². The Morgan fingerprint density at radius 3 is 2.69 bits per heavy atom. The molecule has 7 heteroatoms. The van der Waals surface area contributed by atoms with Crippen LogP contribution in [0.5, 0.6) is 0 Å². The van der Waals surface area contributed by atoms with Crippen LogP contribution in [0.3, 0.4) is 0 Å². The van der Waals surface area contributed by atoms with Crippen LogP contribution in [0.15, 0.2) is 27.6 Å². The molecule has 1 rings (SSSR count). The first-order valence-electron chi connectivity index (χ1n) is 4.25. The van der Waals surface area contributed by atoms with Crippen molar-refractivity contribution >= 4 is 37.7 Å². The molecule has 0 unspecified atom stereocenters. The van der Waals surface area contributed by atoms with Crippen LogP contribution in [0.1, 0.15) is 5.56 Å². The predicted molar refractivity (Wildman–Crippen MR) is 67.6 cm³/mol. The van der Waals surface area contributed by atoms with E-state index in [0.717, 1.165) is 4.90 Å². The van der Waals surface area contributed by atoms with Crippen LogP contribution in [-0.2, 0) is 10.0 Å². The third kappa shape index (κ3) is 4.53. The molecule has 0 aliphatic rings. The Morgan fingerprint density at radius 2 is 2.19 bits per heavy atom. The normalized spacial score (nSPS) is 11.1. The first-order chi connectivity index (χ1) is 7.42. The molecule has 0 aromatic heterocycles. The Morgan fingerprint density at radius 1 is 1.50 bits per heavy atom. The van der Waals surface area contributed by atoms with Crippen molar-refractivity contribution in [1.82, 2.24) is 0 Å². The fraction of sp³-hybridized carbons (Fsp3) is 0.222. The van der Waals surface area contributed by atoms with Crippen molar-refractivity contribution in [3.63, 3.8) is 0 Å². The lowest BCUT2D eigenvalue weighted by molar-refractivity contribution is 0.599. The van der Waals surface area contributed by atoms with Gasteiger partial charge in [0.15, 0.2) is 0 Å². The maximum Gasteiger partial charge on any atom is 0.209 e. The minimum Gasteiger partial charge on any atom is -0.229 e. The van der Waals surface area contributed by atoms with E-state index >= 15 is 0 Å². The number of primary sulfonamides is 1. The minimum absolute atomic E-state index is 0.0602. The fourth-order valence-corrected chi connectivity index (χ4v) is 3.43. The van der Waals surface area contributed by atoms with Gasteiger partial charge in [-0.3, -0.25) is 0 Å². The smallest absolute Gasteiger partial charge is 0.209 e. The first kappa shape index (κ1) is 13.5. The predicted octanol–water partition coefficient (Wildman–Crippen LogP) is 1.70. The number of hydrogen-bond donors (Lipinski definition) is 1. The highest BCUT2D eigenvalue weighted by molar-refractivity contribution is 9.10. The Bertz CT molecular complexity index is 523. The highest BCUT2D eigenvalue weighted by atomic mass is 79.9. The summed E-state index contributed by atoms with van der Waals surface area (Å²) >= 11 is 4.64. The summed E-state index contributed by atoms with van der Waals surface area (Å²) in [5.41, 5.74) is 0.552. The van der Waals surface area contributed by atoms with Crippen molar-refractivity contribution < 1.29 is 8.42 Å². The number of nitriles is 1. The Kier molecular flexibility index (Phi) is 4.80. The highest BCUT2D eigenvalue weighted by Gasteiger charge is 2.04. The molecular weight excluding hydrogens is 312 g/mol. The van der Waals surface area contributed by atoms with E-state index < -0.39 is 10.0 Å². The maximum atomic E-state index is 10.7. The number of hydrogen-bond acceptors (Lipinski definition) is 4. The summed E-state index contributed by atoms with van der Waals surface area (Å²) in [6.07, 6.45) is 0. The second-order valence-electron chi connectivity index (χ2n) is 2.97. The zero-order valence-electron chi connectivity index (χ0n) is 8.18. The average molecular weight is 321 g/mol. The van der Waals surface area contributed by atoms with Crippen LogP contribution < -0.4 is 5.14 Å². The van der Waals surface area contributed by atoms with Gasteiger partial charge in [0.25, 0.3) is 0 Å². The molecule has 16 heavy (non-hydrogen) atoms. The Hall–Kier alpha value is -0.550. The van der Waals surface area contributed by atoms with Crippen LogP contribution in [0, 0.1) is 11.3 Å². The molecule has 0 aliphatic carbocycles. The van der Waals surface area contributed by atoms with E-state index in [1.807, 2.05) is 6.07 Å². The van der Waals surface area contributed by atoms with Gasteiger partial charge in [0.2, 0.25) is 10.0 Å². The van der Waals surface area contributed by atoms with Gasteiger partial charge in [-0.2, -0.15) is 5.26 Å². The van der Waals surface area contributed by atoms with Crippen LogP contribution in [0.25, 0.3) is 0 Å². The fourth-order valence-electron chi connectivity index (χ4n) is 0.952. The zero-order chi connectivity index (χ0) is 12.2. The topological polar surface area (TPSA) is 83.9 Å². The quantitative estimate of drug-likeness (QED) is 0.856. The number of benzene rings is 1. The van der Waals surface area contributed by atoms with Crippen LogP contribution in [0.4, 0.5) is 0 Å². The summed E-state index contributed by atoms with van der Waals surface area (Å²) in [6.45, 7) is 0. The largest absolute Gasteiger partial charge is 0.229 e. The number of sulfonamides is 1. The van der Waals surface area contributed by atoms with E-state index in [0.29, 0.717) is 15.8 Å². The van der Waals surface area contributed by atoms with Crippen LogP contribution in [-0.4, -0.2) is 19.9 Å². The van der Waals surface area contributed by atoms with Crippen LogP contribution >= 0.6 is 27.7 Å². The van der Waals surface area contributed by atoms with Gasteiger partial charge in [-0.1, -0.05) is 0 Å². The first-order valence-corrected chi connectivity index (χ1v) is 7.75. The molecule has 0 saturated heterocycles. The van der Waals surface area contributed by atoms with E-state index in [-0.39, 0.29) is 5.75 Å². The van der Waals surface area contributed by atoms with Crippen LogP contribution in [0.2, 0.25) is 0 Å². The van der Waals surface area contributed by atoms with Crippen molar-refractivity contribution in [3.05, 3.63) is 28.2 Å². The van der Waals surface area contributed by atoms with Gasteiger partial charge in [-0.15, -0.1) is 11.8 Å². The molecule has 0 amide bonds. The Balaban J connectivity index is 2.63. The molecule has 0 saturated carbocycles. The van der Waals surface area contributed by atoms with E-state index in [1.54, 1.807) is 18.2 Å². The standard InChI is InChI=1S/C9H9BrN2O2S2/c10-9-5-8(2-1-7(9)6-11)15-3-4-16(12,13)14/h1-2,5H,3-4H2,(H2,12,13,14). The lowest BCUT2D eigenvalue weighted by Crippen LogP contribution is -2.17. The third-order valence-corrected chi connectivity index (χ3v) is 4.38. The van der Waals surface area contributed by atoms with Gasteiger partial charge in [0.1, 0.15) is 6.07 Å². The Labute approximate surface area is 107 Å². The molecule has 0 radical (unpaired) electrons. The summed E-state index contributed by atoms with van der Waals surface area (Å²) in [7, 11) is -3.40. The second kappa shape index (κ2) is 5.68. The van der Waals surface area contributed by atoms with Gasteiger partial charge < -0.3 is 0 Å². The van der Waals surface area contributed by atoms with Gasteiger partial charge in [0, 0.05) is 15.1 Å². The molecule has 0 heterocycles. The van der Waals surface area contributed by atoms with Crippen molar-refractivity contribution in [2.75, 3.05) is 11.5 Å². The number of nitrogens with zero attached hydrogens (tertiary/aromatic N) is 1. The third-order valence-electron chi connectivity index (χ3n) is 1.70. The van der Waals surface area contributed by atoms with Gasteiger partial charge in [0.05, 0.1) is 11.3 Å². The lowest BCUT2D eigenvalue weighted by Gasteiger charge is -2.02. The molecule has 0 spiro atoms. The van der Waals surface area contributed by atoms with E-state index in [2.05, 4.69) is 15.9 Å². The van der Waals surface area contributed by atoms with Gasteiger partial charge >= 0.3 is 0 Å². The van der Waals surface area contributed by atoms with Gasteiger partial charge in [-0.25, -0.2) is 13.6 Å². The SMILES string of the molecule is N#Cc1ccc(SCCS(N)(=O)=O)cc1Br. The zero-order valence-corrected chi connectivity index (χ0v) is 11.4. The molecule has 0 atom stereocenters. The van der Waals surface area contributed by atoms with E-state index in [4.69, 9.17) is 10.4 Å². The monoisotopic (exact) mass is 320 g/mol. The van der Waals surface area contributed by atoms with Crippen molar-refractivity contribution in [2.45, 2.75) is 4.90 Å². The summed E-state index contributed by atoms with van der Waals surface area (Å²) in [6, 6.07) is 7.27. The summed E-state index contributed by atoms with van der Waals surface area (Å²) < 4.78 is 22.1.